The van der Waals surface area contributed by atoms with E-state index in [1.807, 2.05) is 0 Å². The van der Waals surface area contributed by atoms with Gasteiger partial charge in [-0.25, -0.2) is 4.79 Å². The molecule has 1 aliphatic heterocycles. The van der Waals surface area contributed by atoms with Crippen LogP contribution in [0.4, 0.5) is 0 Å². The van der Waals surface area contributed by atoms with Crippen LogP contribution in [-0.2, 0) is 14.3 Å². The van der Waals surface area contributed by atoms with E-state index in [9.17, 15) is 14.7 Å². The van der Waals surface area contributed by atoms with E-state index in [1.54, 1.807) is 0 Å². The second kappa shape index (κ2) is 6.51. The van der Waals surface area contributed by atoms with Gasteiger partial charge in [-0.1, -0.05) is 12.7 Å². The molecule has 0 aromatic carbocycles. The van der Waals surface area contributed by atoms with Gasteiger partial charge in [0.25, 0.3) is 0 Å². The van der Waals surface area contributed by atoms with Crippen LogP contribution in [0.5, 0.6) is 0 Å². The zero-order valence-electron chi connectivity index (χ0n) is 10.5. The summed E-state index contributed by atoms with van der Waals surface area (Å²) in [6.07, 6.45) is 1.82. The van der Waals surface area contributed by atoms with Gasteiger partial charge >= 0.3 is 5.97 Å². The first-order valence-corrected chi connectivity index (χ1v) is 6.00. The van der Waals surface area contributed by atoms with Crippen LogP contribution in [0.1, 0.15) is 19.8 Å². The Kier molecular flexibility index (Phi) is 5.30. The van der Waals surface area contributed by atoms with Crippen molar-refractivity contribution in [3.8, 4) is 0 Å². The molecule has 6 nitrogen and oxygen atoms in total. The smallest absolute Gasteiger partial charge is 0.329 e. The SMILES string of the molecule is C=CCOC(=O)[C@@H]1CCCN1C(=O)[C@@H](N)[C@@H](C)O. The molecule has 0 radical (unpaired) electrons. The molecule has 102 valence electrons. The fraction of sp³-hybridized carbons (Fsp3) is 0.667. The number of ether oxygens (including phenoxy) is 1. The minimum absolute atomic E-state index is 0.125. The number of carbonyl (C=O) groups is 2. The molecule has 0 unspecified atom stereocenters. The predicted molar refractivity (Wildman–Crippen MR) is 65.5 cm³/mol. The second-order valence-corrected chi connectivity index (χ2v) is 4.37. The summed E-state index contributed by atoms with van der Waals surface area (Å²) in [7, 11) is 0. The number of aliphatic hydroxyl groups is 1. The van der Waals surface area contributed by atoms with Crippen molar-refractivity contribution in [2.45, 2.75) is 38.0 Å². The lowest BCUT2D eigenvalue weighted by Gasteiger charge is -2.26. The van der Waals surface area contributed by atoms with Crippen LogP contribution >= 0.6 is 0 Å². The fourth-order valence-electron chi connectivity index (χ4n) is 1.91. The van der Waals surface area contributed by atoms with Crippen molar-refractivity contribution in [3.63, 3.8) is 0 Å². The Hall–Kier alpha value is -1.40. The van der Waals surface area contributed by atoms with E-state index in [0.29, 0.717) is 13.0 Å². The van der Waals surface area contributed by atoms with E-state index in [4.69, 9.17) is 10.5 Å². The average Bonchev–Trinajstić information content (AvgIpc) is 2.82. The first kappa shape index (κ1) is 14.7. The lowest BCUT2D eigenvalue weighted by Crippen LogP contribution is -2.52. The summed E-state index contributed by atoms with van der Waals surface area (Å²) in [5.41, 5.74) is 5.59. The van der Waals surface area contributed by atoms with Crippen molar-refractivity contribution in [3.05, 3.63) is 12.7 Å². The summed E-state index contributed by atoms with van der Waals surface area (Å²) < 4.78 is 4.94. The number of aliphatic hydroxyl groups excluding tert-OH is 1. The molecule has 1 fully saturated rings. The molecule has 3 N–H and O–H groups in total. The third-order valence-corrected chi connectivity index (χ3v) is 2.96. The number of carbonyl (C=O) groups excluding carboxylic acids is 2. The molecule has 1 rings (SSSR count). The second-order valence-electron chi connectivity index (χ2n) is 4.37. The van der Waals surface area contributed by atoms with Gasteiger partial charge in [-0.15, -0.1) is 0 Å². The highest BCUT2D eigenvalue weighted by Crippen LogP contribution is 2.19. The topological polar surface area (TPSA) is 92.9 Å². The number of hydrogen-bond acceptors (Lipinski definition) is 5. The average molecular weight is 256 g/mol. The van der Waals surface area contributed by atoms with Crippen LogP contribution in [0.25, 0.3) is 0 Å². The van der Waals surface area contributed by atoms with Crippen LogP contribution in [0.2, 0.25) is 0 Å². The molecule has 3 atom stereocenters. The molecule has 0 spiro atoms. The van der Waals surface area contributed by atoms with Crippen LogP contribution in [0, 0.1) is 0 Å². The molecule has 1 saturated heterocycles. The summed E-state index contributed by atoms with van der Waals surface area (Å²) in [6, 6.07) is -1.60. The Balaban J connectivity index is 2.66. The Morgan fingerprint density at radius 3 is 2.89 bits per heavy atom. The van der Waals surface area contributed by atoms with Crippen molar-refractivity contribution in [1.29, 1.82) is 0 Å². The Morgan fingerprint density at radius 1 is 1.67 bits per heavy atom. The van der Waals surface area contributed by atoms with Crippen LogP contribution in [0.3, 0.4) is 0 Å². The summed E-state index contributed by atoms with van der Waals surface area (Å²) in [6.45, 7) is 5.49. The monoisotopic (exact) mass is 256 g/mol. The van der Waals surface area contributed by atoms with Crippen LogP contribution < -0.4 is 5.73 Å². The molecule has 0 aromatic heterocycles. The lowest BCUT2D eigenvalue weighted by atomic mass is 10.1. The van der Waals surface area contributed by atoms with Gasteiger partial charge in [0.15, 0.2) is 0 Å². The van der Waals surface area contributed by atoms with E-state index in [2.05, 4.69) is 6.58 Å². The van der Waals surface area contributed by atoms with Crippen molar-refractivity contribution >= 4 is 11.9 Å². The van der Waals surface area contributed by atoms with Crippen molar-refractivity contribution in [2.24, 2.45) is 5.73 Å². The molecule has 0 saturated carbocycles. The highest BCUT2D eigenvalue weighted by atomic mass is 16.5. The maximum atomic E-state index is 12.0. The zero-order valence-corrected chi connectivity index (χ0v) is 10.5. The summed E-state index contributed by atoms with van der Waals surface area (Å²) in [4.78, 5) is 25.1. The zero-order chi connectivity index (χ0) is 13.7. The molecular formula is C12H20N2O4. The van der Waals surface area contributed by atoms with E-state index >= 15 is 0 Å². The molecule has 1 heterocycles. The maximum absolute atomic E-state index is 12.0. The fourth-order valence-corrected chi connectivity index (χ4v) is 1.91. The summed E-state index contributed by atoms with van der Waals surface area (Å²) >= 11 is 0. The molecule has 18 heavy (non-hydrogen) atoms. The van der Waals surface area contributed by atoms with Gasteiger partial charge in [-0.05, 0) is 19.8 Å². The van der Waals surface area contributed by atoms with E-state index in [-0.39, 0.29) is 6.61 Å². The number of esters is 1. The number of rotatable bonds is 5. The van der Waals surface area contributed by atoms with Gasteiger partial charge in [-0.3, -0.25) is 4.79 Å². The Morgan fingerprint density at radius 2 is 2.33 bits per heavy atom. The van der Waals surface area contributed by atoms with E-state index < -0.39 is 30.1 Å². The van der Waals surface area contributed by atoms with Crippen LogP contribution in [0.15, 0.2) is 12.7 Å². The van der Waals surface area contributed by atoms with Crippen molar-refractivity contribution in [2.75, 3.05) is 13.2 Å². The number of nitrogens with two attached hydrogens (primary N) is 1. The standard InChI is InChI=1S/C12H20N2O4/c1-3-7-18-12(17)9-5-4-6-14(9)11(16)10(13)8(2)15/h3,8-10,15H,1,4-7,13H2,2H3/t8-,9+,10+/m1/s1. The minimum Gasteiger partial charge on any atom is -0.460 e. The van der Waals surface area contributed by atoms with Gasteiger partial charge in [0, 0.05) is 6.54 Å². The third-order valence-electron chi connectivity index (χ3n) is 2.96. The number of amides is 1. The molecule has 0 aromatic rings. The largest absolute Gasteiger partial charge is 0.460 e. The molecule has 1 amide bonds. The molecule has 0 bridgehead atoms. The molecule has 1 aliphatic rings. The molecule has 0 aliphatic carbocycles. The Labute approximate surface area is 106 Å². The van der Waals surface area contributed by atoms with Crippen LogP contribution in [-0.4, -0.2) is 53.2 Å². The first-order chi connectivity index (χ1) is 8.49. The van der Waals surface area contributed by atoms with E-state index in [1.165, 1.54) is 17.9 Å². The van der Waals surface area contributed by atoms with Gasteiger partial charge < -0.3 is 20.5 Å². The Bertz CT molecular complexity index is 330. The maximum Gasteiger partial charge on any atom is 0.329 e. The predicted octanol–water partition coefficient (Wildman–Crippen LogP) is -0.585. The summed E-state index contributed by atoms with van der Waals surface area (Å²) in [5, 5.41) is 9.32. The number of likely N-dealkylation sites (tertiary alicyclic amines) is 1. The number of hydrogen-bond donors (Lipinski definition) is 2. The quantitative estimate of drug-likeness (QED) is 0.507. The van der Waals surface area contributed by atoms with Gasteiger partial charge in [0.1, 0.15) is 18.7 Å². The lowest BCUT2D eigenvalue weighted by molar-refractivity contribution is -0.153. The molecular weight excluding hydrogens is 236 g/mol. The highest BCUT2D eigenvalue weighted by molar-refractivity contribution is 5.88. The van der Waals surface area contributed by atoms with Gasteiger partial charge in [0.05, 0.1) is 6.10 Å². The highest BCUT2D eigenvalue weighted by Gasteiger charge is 2.37. The van der Waals surface area contributed by atoms with Gasteiger partial charge in [0.2, 0.25) is 5.91 Å². The minimum atomic E-state index is -1.00. The third kappa shape index (κ3) is 3.30. The van der Waals surface area contributed by atoms with Crippen molar-refractivity contribution < 1.29 is 19.4 Å². The molecule has 6 heteroatoms. The van der Waals surface area contributed by atoms with Crippen molar-refractivity contribution in [1.82, 2.24) is 4.90 Å². The number of nitrogens with zero attached hydrogens (tertiary/aromatic N) is 1. The van der Waals surface area contributed by atoms with Gasteiger partial charge in [-0.2, -0.15) is 0 Å². The summed E-state index contributed by atoms with van der Waals surface area (Å²) in [5.74, 6) is -0.860. The van der Waals surface area contributed by atoms with E-state index in [0.717, 1.165) is 6.42 Å². The normalized spacial score (nSPS) is 22.4. The first-order valence-electron chi connectivity index (χ1n) is 6.00.